The molecule has 0 spiro atoms. The lowest BCUT2D eigenvalue weighted by molar-refractivity contribution is -0.118. The molecule has 0 unspecified atom stereocenters. The highest BCUT2D eigenvalue weighted by Crippen LogP contribution is 2.38. The second kappa shape index (κ2) is 7.71. The fourth-order valence-electron chi connectivity index (χ4n) is 3.13. The average Bonchev–Trinajstić information content (AvgIpc) is 2.99. The second-order valence-corrected chi connectivity index (χ2v) is 6.61. The predicted octanol–water partition coefficient (Wildman–Crippen LogP) is 4.70. The maximum Gasteiger partial charge on any atom is 0.263 e. The molecular formula is C18H21ClN2O3. The van der Waals surface area contributed by atoms with Gasteiger partial charge in [-0.15, -0.1) is 0 Å². The van der Waals surface area contributed by atoms with Gasteiger partial charge in [-0.05, 0) is 49.4 Å². The first kappa shape index (κ1) is 16.8. The highest BCUT2D eigenvalue weighted by molar-refractivity contribution is 6.30. The van der Waals surface area contributed by atoms with E-state index in [1.165, 1.54) is 19.3 Å². The number of carbonyl (C=O) groups excluding carboxylic acids is 1. The summed E-state index contributed by atoms with van der Waals surface area (Å²) in [4.78, 5) is 12.0. The van der Waals surface area contributed by atoms with Crippen LogP contribution in [0.5, 0.6) is 5.75 Å². The molecule has 0 atom stereocenters. The molecule has 1 aromatic carbocycles. The van der Waals surface area contributed by atoms with E-state index in [0.717, 1.165) is 24.2 Å². The molecule has 1 amide bonds. The number of carbonyl (C=O) groups is 1. The average molecular weight is 349 g/mol. The van der Waals surface area contributed by atoms with E-state index in [-0.39, 0.29) is 12.5 Å². The van der Waals surface area contributed by atoms with Crippen molar-refractivity contribution >= 4 is 23.3 Å². The lowest BCUT2D eigenvalue weighted by Crippen LogP contribution is -2.21. The number of aryl methyl sites for hydroxylation is 1. The van der Waals surface area contributed by atoms with Crippen molar-refractivity contribution in [1.29, 1.82) is 0 Å². The number of nitrogens with zero attached hydrogens (tertiary/aromatic N) is 1. The molecule has 24 heavy (non-hydrogen) atoms. The molecular weight excluding hydrogens is 328 g/mol. The van der Waals surface area contributed by atoms with Gasteiger partial charge in [-0.2, -0.15) is 0 Å². The van der Waals surface area contributed by atoms with Crippen molar-refractivity contribution in [3.63, 3.8) is 0 Å². The maximum atomic E-state index is 12.0. The van der Waals surface area contributed by atoms with Crippen LogP contribution in [0, 0.1) is 6.92 Å². The number of nitrogens with one attached hydrogen (secondary N) is 1. The van der Waals surface area contributed by atoms with E-state index in [0.29, 0.717) is 22.5 Å². The molecule has 1 fully saturated rings. The largest absolute Gasteiger partial charge is 0.483 e. The Labute approximate surface area is 146 Å². The monoisotopic (exact) mass is 348 g/mol. The summed E-state index contributed by atoms with van der Waals surface area (Å²) in [5, 5.41) is 7.08. The third-order valence-corrected chi connectivity index (χ3v) is 4.51. The zero-order valence-corrected chi connectivity index (χ0v) is 14.4. The van der Waals surface area contributed by atoms with Gasteiger partial charge in [0, 0.05) is 11.1 Å². The number of aromatic nitrogens is 1. The molecule has 128 valence electrons. The van der Waals surface area contributed by atoms with Crippen LogP contribution in [0.25, 0.3) is 0 Å². The van der Waals surface area contributed by atoms with Crippen molar-refractivity contribution in [3.05, 3.63) is 40.6 Å². The summed E-state index contributed by atoms with van der Waals surface area (Å²) in [5.41, 5.74) is 1.10. The topological polar surface area (TPSA) is 64.4 Å². The molecule has 1 aliphatic carbocycles. The minimum Gasteiger partial charge on any atom is -0.483 e. The van der Waals surface area contributed by atoms with E-state index in [1.807, 2.05) is 12.1 Å². The van der Waals surface area contributed by atoms with E-state index in [2.05, 4.69) is 10.5 Å². The van der Waals surface area contributed by atoms with Gasteiger partial charge in [0.15, 0.2) is 12.4 Å². The van der Waals surface area contributed by atoms with Crippen molar-refractivity contribution in [2.24, 2.45) is 0 Å². The van der Waals surface area contributed by atoms with Crippen molar-refractivity contribution in [2.45, 2.75) is 44.9 Å². The molecule has 1 aliphatic rings. The van der Waals surface area contributed by atoms with Gasteiger partial charge in [0.2, 0.25) is 0 Å². The van der Waals surface area contributed by atoms with Crippen molar-refractivity contribution in [3.8, 4) is 5.75 Å². The molecule has 0 bridgehead atoms. The second-order valence-electron chi connectivity index (χ2n) is 6.18. The van der Waals surface area contributed by atoms with Crippen LogP contribution < -0.4 is 10.1 Å². The lowest BCUT2D eigenvalue weighted by Gasteiger charge is -2.24. The Morgan fingerprint density at radius 1 is 1.33 bits per heavy atom. The third-order valence-electron chi connectivity index (χ3n) is 4.27. The Kier molecular flexibility index (Phi) is 5.41. The molecule has 2 aromatic rings. The Hall–Kier alpha value is -2.01. The normalized spacial score (nSPS) is 15.2. The van der Waals surface area contributed by atoms with Gasteiger partial charge in [0.1, 0.15) is 11.5 Å². The molecule has 0 saturated heterocycles. The number of benzene rings is 1. The first-order chi connectivity index (χ1) is 11.6. The van der Waals surface area contributed by atoms with Gasteiger partial charge in [-0.3, -0.25) is 4.79 Å². The molecule has 5 nitrogen and oxygen atoms in total. The first-order valence-electron chi connectivity index (χ1n) is 8.27. The molecule has 0 aliphatic heterocycles. The lowest BCUT2D eigenvalue weighted by atomic mass is 9.84. The highest BCUT2D eigenvalue weighted by Gasteiger charge is 2.20. The maximum absolute atomic E-state index is 12.0. The van der Waals surface area contributed by atoms with Gasteiger partial charge in [0.25, 0.3) is 5.91 Å². The zero-order valence-electron chi connectivity index (χ0n) is 13.7. The Morgan fingerprint density at radius 2 is 2.12 bits per heavy atom. The summed E-state index contributed by atoms with van der Waals surface area (Å²) in [6, 6.07) is 7.27. The summed E-state index contributed by atoms with van der Waals surface area (Å²) < 4.78 is 10.7. The molecule has 1 saturated carbocycles. The van der Waals surface area contributed by atoms with Crippen molar-refractivity contribution in [1.82, 2.24) is 5.16 Å². The van der Waals surface area contributed by atoms with Gasteiger partial charge in [-0.25, -0.2) is 0 Å². The molecule has 1 N–H and O–H groups in total. The number of hydrogen-bond acceptors (Lipinski definition) is 4. The van der Waals surface area contributed by atoms with Gasteiger partial charge in [-0.1, -0.05) is 36.0 Å². The summed E-state index contributed by atoms with van der Waals surface area (Å²) in [5.74, 6) is 1.95. The van der Waals surface area contributed by atoms with E-state index < -0.39 is 0 Å². The third kappa shape index (κ3) is 4.29. The van der Waals surface area contributed by atoms with Gasteiger partial charge < -0.3 is 14.6 Å². The van der Waals surface area contributed by atoms with Crippen LogP contribution >= 0.6 is 11.6 Å². The van der Waals surface area contributed by atoms with Crippen LogP contribution in [0.4, 0.5) is 5.82 Å². The summed E-state index contributed by atoms with van der Waals surface area (Å²) in [7, 11) is 0. The summed E-state index contributed by atoms with van der Waals surface area (Å²) >= 11 is 6.15. The zero-order chi connectivity index (χ0) is 16.9. The summed E-state index contributed by atoms with van der Waals surface area (Å²) in [6.45, 7) is 1.69. The van der Waals surface area contributed by atoms with E-state index in [1.54, 1.807) is 19.1 Å². The smallest absolute Gasteiger partial charge is 0.263 e. The molecule has 0 radical (unpaired) electrons. The molecule has 1 aromatic heterocycles. The first-order valence-corrected chi connectivity index (χ1v) is 8.65. The molecule has 6 heteroatoms. The Morgan fingerprint density at radius 3 is 2.83 bits per heavy atom. The van der Waals surface area contributed by atoms with Crippen LogP contribution in [-0.2, 0) is 4.79 Å². The number of amides is 1. The standard InChI is InChI=1S/C18H21ClN2O3/c1-12-9-17(21-24-12)20-18(22)11-23-16-8-7-14(19)10-15(16)13-5-3-2-4-6-13/h7-10,13H,2-6,11H2,1H3,(H,20,21,22). The summed E-state index contributed by atoms with van der Waals surface area (Å²) in [6.07, 6.45) is 6.01. The Bertz CT molecular complexity index is 708. The van der Waals surface area contributed by atoms with Crippen LogP contribution in [0.3, 0.4) is 0 Å². The number of anilines is 1. The van der Waals surface area contributed by atoms with Gasteiger partial charge in [0.05, 0.1) is 0 Å². The number of hydrogen-bond donors (Lipinski definition) is 1. The molecule has 1 heterocycles. The number of halogens is 1. The van der Waals surface area contributed by atoms with E-state index in [9.17, 15) is 4.79 Å². The van der Waals surface area contributed by atoms with Crippen LogP contribution in [0.15, 0.2) is 28.8 Å². The SMILES string of the molecule is Cc1cc(NC(=O)COc2ccc(Cl)cc2C2CCCCC2)no1. The van der Waals surface area contributed by atoms with E-state index in [4.69, 9.17) is 20.9 Å². The van der Waals surface area contributed by atoms with Crippen LogP contribution in [0.1, 0.15) is 49.3 Å². The number of ether oxygens (including phenoxy) is 1. The van der Waals surface area contributed by atoms with Crippen LogP contribution in [0.2, 0.25) is 5.02 Å². The van der Waals surface area contributed by atoms with Crippen LogP contribution in [-0.4, -0.2) is 17.7 Å². The minimum absolute atomic E-state index is 0.0761. The Balaban J connectivity index is 1.64. The van der Waals surface area contributed by atoms with E-state index >= 15 is 0 Å². The van der Waals surface area contributed by atoms with Crippen molar-refractivity contribution < 1.29 is 14.1 Å². The van der Waals surface area contributed by atoms with Crippen molar-refractivity contribution in [2.75, 3.05) is 11.9 Å². The van der Waals surface area contributed by atoms with Gasteiger partial charge >= 0.3 is 0 Å². The number of rotatable bonds is 5. The predicted molar refractivity (Wildman–Crippen MR) is 92.6 cm³/mol. The highest BCUT2D eigenvalue weighted by atomic mass is 35.5. The fraction of sp³-hybridized carbons (Fsp3) is 0.444. The fourth-order valence-corrected chi connectivity index (χ4v) is 3.31. The minimum atomic E-state index is -0.271. The quantitative estimate of drug-likeness (QED) is 0.850. The molecule has 3 rings (SSSR count).